The van der Waals surface area contributed by atoms with Gasteiger partial charge >= 0.3 is 0 Å². The molecule has 200 valence electrons. The van der Waals surface area contributed by atoms with Crippen LogP contribution in [0.4, 0.5) is 20.2 Å². The van der Waals surface area contributed by atoms with E-state index in [2.05, 4.69) is 22.6 Å². The second kappa shape index (κ2) is 9.54. The maximum absolute atomic E-state index is 16.2. The van der Waals surface area contributed by atoms with Gasteiger partial charge in [-0.3, -0.25) is 19.6 Å². The van der Waals surface area contributed by atoms with Gasteiger partial charge in [-0.15, -0.1) is 0 Å². The average molecular weight is 559 g/mol. The number of halogens is 3. The number of hydrogen-bond acceptors (Lipinski definition) is 6. The molecule has 0 saturated carbocycles. The highest BCUT2D eigenvalue weighted by molar-refractivity contribution is 6.36. The second-order valence-corrected chi connectivity index (χ2v) is 10.1. The van der Waals surface area contributed by atoms with Gasteiger partial charge < -0.3 is 14.7 Å². The molecule has 1 fully saturated rings. The predicted octanol–water partition coefficient (Wildman–Crippen LogP) is 4.84. The van der Waals surface area contributed by atoms with Crippen LogP contribution in [0.2, 0.25) is 5.02 Å². The molecule has 8 nitrogen and oxygen atoms in total. The van der Waals surface area contributed by atoms with Crippen molar-refractivity contribution in [1.82, 2.24) is 14.9 Å². The summed E-state index contributed by atoms with van der Waals surface area (Å²) < 4.78 is 30.6. The predicted molar refractivity (Wildman–Crippen MR) is 148 cm³/mol. The molecule has 0 aliphatic carbocycles. The molecule has 2 amide bonds. The first-order valence-corrected chi connectivity index (χ1v) is 12.8. The Hall–Kier alpha value is -4.62. The Balaban J connectivity index is 1.54. The third-order valence-electron chi connectivity index (χ3n) is 7.64. The van der Waals surface area contributed by atoms with Crippen molar-refractivity contribution in [2.75, 3.05) is 29.9 Å². The molecule has 2 unspecified atom stereocenters. The van der Waals surface area contributed by atoms with E-state index in [1.54, 1.807) is 31.3 Å². The number of benzene rings is 2. The van der Waals surface area contributed by atoms with Crippen LogP contribution in [0.25, 0.3) is 32.9 Å². The summed E-state index contributed by atoms with van der Waals surface area (Å²) in [6.07, 6.45) is 4.11. The molecular weight excluding hydrogens is 538 g/mol. The minimum absolute atomic E-state index is 0.0104. The van der Waals surface area contributed by atoms with Crippen molar-refractivity contribution >= 4 is 56.5 Å². The van der Waals surface area contributed by atoms with Gasteiger partial charge in [-0.1, -0.05) is 42.4 Å². The van der Waals surface area contributed by atoms with Gasteiger partial charge in [-0.2, -0.15) is 5.26 Å². The van der Waals surface area contributed by atoms with Gasteiger partial charge in [0.1, 0.15) is 23.1 Å². The molecule has 6 rings (SSSR count). The van der Waals surface area contributed by atoms with Gasteiger partial charge in [-0.05, 0) is 17.5 Å². The Morgan fingerprint density at radius 3 is 2.77 bits per heavy atom. The van der Waals surface area contributed by atoms with Gasteiger partial charge in [0.05, 0.1) is 47.7 Å². The molecule has 4 heterocycles. The molecule has 0 spiro atoms. The van der Waals surface area contributed by atoms with Crippen molar-refractivity contribution in [1.29, 1.82) is 5.26 Å². The van der Waals surface area contributed by atoms with Crippen LogP contribution in [0.15, 0.2) is 55.4 Å². The number of anilines is 2. The number of aromatic nitrogens is 2. The first kappa shape index (κ1) is 25.6. The summed E-state index contributed by atoms with van der Waals surface area (Å²) in [7, 11) is 1.60. The number of nitrogens with zero attached hydrogens (tertiary/aromatic N) is 6. The summed E-state index contributed by atoms with van der Waals surface area (Å²) >= 11 is 6.29. The molecule has 0 radical (unpaired) electrons. The number of carbonyl (C=O) groups is 2. The Morgan fingerprint density at radius 1 is 1.23 bits per heavy atom. The number of likely N-dealkylation sites (N-methyl/N-ethyl adjacent to an activating group) is 1. The van der Waals surface area contributed by atoms with Crippen LogP contribution in [0.1, 0.15) is 6.42 Å². The fourth-order valence-corrected chi connectivity index (χ4v) is 5.97. The van der Waals surface area contributed by atoms with Crippen LogP contribution in [-0.4, -0.2) is 58.9 Å². The van der Waals surface area contributed by atoms with E-state index in [-0.39, 0.29) is 47.6 Å². The first-order valence-electron chi connectivity index (χ1n) is 12.4. The third-order valence-corrected chi connectivity index (χ3v) is 8.01. The Bertz CT molecular complexity index is 1810. The highest BCUT2D eigenvalue weighted by atomic mass is 35.5. The summed E-state index contributed by atoms with van der Waals surface area (Å²) in [4.78, 5) is 39.5. The van der Waals surface area contributed by atoms with Gasteiger partial charge in [0.15, 0.2) is 5.82 Å². The van der Waals surface area contributed by atoms with E-state index in [1.165, 1.54) is 28.3 Å². The zero-order chi connectivity index (χ0) is 28.3. The van der Waals surface area contributed by atoms with Crippen LogP contribution >= 0.6 is 11.6 Å². The van der Waals surface area contributed by atoms with E-state index >= 15 is 4.39 Å². The Labute approximate surface area is 232 Å². The smallest absolute Gasteiger partial charge is 0.251 e. The maximum Gasteiger partial charge on any atom is 0.251 e. The number of hydrogen-bond donors (Lipinski definition) is 0. The molecular formula is C29H21ClF2N6O2. The van der Waals surface area contributed by atoms with E-state index in [0.29, 0.717) is 33.1 Å². The molecule has 2 aliphatic heterocycles. The minimum atomic E-state index is -0.760. The number of amides is 2. The van der Waals surface area contributed by atoms with Gasteiger partial charge in [0, 0.05) is 36.1 Å². The zero-order valence-electron chi connectivity index (χ0n) is 21.2. The normalized spacial score (nSPS) is 18.5. The van der Waals surface area contributed by atoms with Crippen LogP contribution in [-0.2, 0) is 9.59 Å². The fourth-order valence-electron chi connectivity index (χ4n) is 5.70. The monoisotopic (exact) mass is 558 g/mol. The number of rotatable bonds is 3. The van der Waals surface area contributed by atoms with Crippen molar-refractivity contribution in [3.05, 3.63) is 72.0 Å². The molecule has 2 aromatic carbocycles. The lowest BCUT2D eigenvalue weighted by molar-refractivity contribution is -0.131. The quantitative estimate of drug-likeness (QED) is 0.334. The SMILES string of the molecule is C=CC(=O)N1CC2C(=O)N(C)c3cnc4c(F)c(-c5cccc6ccc(F)c(Cl)c56)ncc4c3N2CC1CC#N. The third kappa shape index (κ3) is 3.69. The van der Waals surface area contributed by atoms with Crippen molar-refractivity contribution in [3.63, 3.8) is 0 Å². The van der Waals surface area contributed by atoms with E-state index < -0.39 is 23.7 Å². The number of fused-ring (bicyclic) bond motifs is 6. The molecule has 0 bridgehead atoms. The van der Waals surface area contributed by atoms with Crippen molar-refractivity contribution in [2.24, 2.45) is 0 Å². The van der Waals surface area contributed by atoms with Crippen molar-refractivity contribution in [3.8, 4) is 17.3 Å². The topological polar surface area (TPSA) is 93.4 Å². The number of carbonyl (C=O) groups excluding carboxylic acids is 2. The van der Waals surface area contributed by atoms with Gasteiger partial charge in [-0.25, -0.2) is 8.78 Å². The summed E-state index contributed by atoms with van der Waals surface area (Å²) in [5.74, 6) is -1.99. The second-order valence-electron chi connectivity index (χ2n) is 9.72. The van der Waals surface area contributed by atoms with E-state index in [4.69, 9.17) is 11.6 Å². The Morgan fingerprint density at radius 2 is 2.02 bits per heavy atom. The van der Waals surface area contributed by atoms with E-state index in [1.807, 2.05) is 4.90 Å². The summed E-state index contributed by atoms with van der Waals surface area (Å²) in [6, 6.07) is 8.73. The van der Waals surface area contributed by atoms with E-state index in [0.717, 1.165) is 6.08 Å². The summed E-state index contributed by atoms with van der Waals surface area (Å²) in [6.45, 7) is 3.76. The number of piperazine rings is 1. The lowest BCUT2D eigenvalue weighted by Crippen LogP contribution is -2.66. The van der Waals surface area contributed by atoms with Gasteiger partial charge in [0.2, 0.25) is 5.91 Å². The Kier molecular flexibility index (Phi) is 6.11. The number of pyridine rings is 2. The average Bonchev–Trinajstić information content (AvgIpc) is 2.97. The molecule has 2 aromatic heterocycles. The standard InChI is InChI=1S/C29H21ClF2N6O2/c1-3-22(39)37-14-21-29(40)36(2)20-12-35-27-18(28(20)38(21)13-16(37)9-10-33)11-34-26(25(27)32)17-6-4-5-15-7-8-19(31)24(30)23(15)17/h3-8,11-12,16,21H,1,9,13-14H2,2H3. The molecule has 2 aliphatic rings. The molecule has 0 N–H and O–H groups in total. The van der Waals surface area contributed by atoms with Crippen LogP contribution in [0.3, 0.4) is 0 Å². The first-order chi connectivity index (χ1) is 19.3. The lowest BCUT2D eigenvalue weighted by Gasteiger charge is -2.50. The molecule has 1 saturated heterocycles. The summed E-state index contributed by atoms with van der Waals surface area (Å²) in [5.41, 5.74) is 1.27. The van der Waals surface area contributed by atoms with E-state index in [9.17, 15) is 19.2 Å². The van der Waals surface area contributed by atoms with Crippen LogP contribution in [0, 0.1) is 23.0 Å². The highest BCUT2D eigenvalue weighted by Gasteiger charge is 2.45. The molecule has 11 heteroatoms. The summed E-state index contributed by atoms with van der Waals surface area (Å²) in [5, 5.41) is 10.6. The van der Waals surface area contributed by atoms with Gasteiger partial charge in [0.25, 0.3) is 5.91 Å². The van der Waals surface area contributed by atoms with Crippen LogP contribution < -0.4 is 9.80 Å². The van der Waals surface area contributed by atoms with Crippen molar-refractivity contribution in [2.45, 2.75) is 18.5 Å². The molecule has 4 aromatic rings. The highest BCUT2D eigenvalue weighted by Crippen LogP contribution is 2.44. The molecule has 2 atom stereocenters. The molecule has 40 heavy (non-hydrogen) atoms. The lowest BCUT2D eigenvalue weighted by atomic mass is 9.96. The largest absolute Gasteiger partial charge is 0.354 e. The van der Waals surface area contributed by atoms with Crippen molar-refractivity contribution < 1.29 is 18.4 Å². The fraction of sp³-hybridized carbons (Fsp3) is 0.207. The minimum Gasteiger partial charge on any atom is -0.354 e. The maximum atomic E-state index is 16.2. The number of nitriles is 1. The van der Waals surface area contributed by atoms with Crippen LogP contribution in [0.5, 0.6) is 0 Å². The zero-order valence-corrected chi connectivity index (χ0v) is 22.0.